The normalized spacial score (nSPS) is 24.2. The Hall–Kier alpha value is -1.08. The Kier molecular flexibility index (Phi) is 2.86. The van der Waals surface area contributed by atoms with Crippen LogP contribution in [0.15, 0.2) is 53.0 Å². The van der Waals surface area contributed by atoms with Crippen molar-refractivity contribution in [1.82, 2.24) is 0 Å². The van der Waals surface area contributed by atoms with E-state index >= 15 is 0 Å². The van der Waals surface area contributed by atoms with Gasteiger partial charge in [0.1, 0.15) is 0 Å². The molecule has 1 unspecified atom stereocenters. The minimum atomic E-state index is 0.126. The van der Waals surface area contributed by atoms with Crippen LogP contribution in [-0.4, -0.2) is 0 Å². The molecule has 0 saturated carbocycles. The maximum atomic E-state index is 3.53. The second-order valence-electron chi connectivity index (χ2n) is 6.45. The molecule has 0 saturated heterocycles. The zero-order valence-electron chi connectivity index (χ0n) is 11.7. The topological polar surface area (TPSA) is 0 Å². The molecule has 0 N–H and O–H groups in total. The van der Waals surface area contributed by atoms with Crippen molar-refractivity contribution in [2.75, 3.05) is 0 Å². The molecule has 0 nitrogen and oxygen atoms in total. The summed E-state index contributed by atoms with van der Waals surface area (Å²) in [6.45, 7) is 7.09. The number of hydrogen-bond acceptors (Lipinski definition) is 0. The summed E-state index contributed by atoms with van der Waals surface area (Å²) in [5.41, 5.74) is 4.77. The third kappa shape index (κ3) is 1.95. The quantitative estimate of drug-likeness (QED) is 0.657. The Morgan fingerprint density at radius 1 is 0.842 bits per heavy atom. The summed E-state index contributed by atoms with van der Waals surface area (Å²) >= 11 is 3.53. The molecule has 0 bridgehead atoms. The minimum absolute atomic E-state index is 0.126. The highest BCUT2D eigenvalue weighted by Crippen LogP contribution is 2.52. The van der Waals surface area contributed by atoms with Gasteiger partial charge in [0.2, 0.25) is 0 Å². The van der Waals surface area contributed by atoms with Crippen LogP contribution in [0.1, 0.15) is 43.9 Å². The van der Waals surface area contributed by atoms with E-state index in [4.69, 9.17) is 0 Å². The monoisotopic (exact) mass is 314 g/mol. The summed E-state index contributed by atoms with van der Waals surface area (Å²) in [5, 5.41) is 0. The average molecular weight is 315 g/mol. The van der Waals surface area contributed by atoms with Gasteiger partial charge in [0.25, 0.3) is 0 Å². The molecular weight excluding hydrogens is 296 g/mol. The third-order valence-corrected chi connectivity index (χ3v) is 5.06. The first-order valence-corrected chi connectivity index (χ1v) is 7.59. The Bertz CT molecular complexity index is 610. The molecule has 3 rings (SSSR count). The van der Waals surface area contributed by atoms with Crippen LogP contribution in [0.5, 0.6) is 0 Å². The van der Waals surface area contributed by atoms with Crippen LogP contribution in [0.3, 0.4) is 0 Å². The van der Waals surface area contributed by atoms with Gasteiger partial charge in [-0.15, -0.1) is 0 Å². The van der Waals surface area contributed by atoms with Crippen molar-refractivity contribution < 1.29 is 0 Å². The first kappa shape index (κ1) is 12.9. The number of rotatable bonds is 1. The molecule has 98 valence electrons. The molecule has 0 radical (unpaired) electrons. The molecule has 19 heavy (non-hydrogen) atoms. The van der Waals surface area contributed by atoms with Crippen molar-refractivity contribution >= 4 is 15.9 Å². The first-order valence-electron chi connectivity index (χ1n) is 6.79. The predicted octanol–water partition coefficient (Wildman–Crippen LogP) is 5.44. The molecule has 2 aromatic rings. The van der Waals surface area contributed by atoms with Crippen LogP contribution in [-0.2, 0) is 10.8 Å². The van der Waals surface area contributed by atoms with E-state index in [1.165, 1.54) is 23.1 Å². The van der Waals surface area contributed by atoms with Gasteiger partial charge in [-0.25, -0.2) is 0 Å². The van der Waals surface area contributed by atoms with Gasteiger partial charge < -0.3 is 0 Å². The first-order chi connectivity index (χ1) is 8.93. The Morgan fingerprint density at radius 3 is 2.05 bits per heavy atom. The summed E-state index contributed by atoms with van der Waals surface area (Å²) in [6.07, 6.45) is 1.17. The Labute approximate surface area is 124 Å². The van der Waals surface area contributed by atoms with E-state index < -0.39 is 0 Å². The van der Waals surface area contributed by atoms with E-state index in [9.17, 15) is 0 Å². The van der Waals surface area contributed by atoms with Crippen molar-refractivity contribution in [3.8, 4) is 0 Å². The summed E-state index contributed by atoms with van der Waals surface area (Å²) in [4.78, 5) is 0. The van der Waals surface area contributed by atoms with Crippen LogP contribution < -0.4 is 0 Å². The number of halogens is 1. The highest BCUT2D eigenvalue weighted by molar-refractivity contribution is 9.10. The van der Waals surface area contributed by atoms with Crippen LogP contribution >= 0.6 is 15.9 Å². The zero-order chi connectivity index (χ0) is 13.7. The Morgan fingerprint density at radius 2 is 1.42 bits per heavy atom. The molecule has 0 heterocycles. The lowest BCUT2D eigenvalue weighted by molar-refractivity contribution is 0.425. The van der Waals surface area contributed by atoms with Gasteiger partial charge >= 0.3 is 0 Å². The summed E-state index contributed by atoms with van der Waals surface area (Å²) in [5.74, 6) is 0. The van der Waals surface area contributed by atoms with E-state index in [2.05, 4.69) is 85.2 Å². The van der Waals surface area contributed by atoms with Crippen LogP contribution in [0.4, 0.5) is 0 Å². The van der Waals surface area contributed by atoms with Gasteiger partial charge in [-0.05, 0) is 40.7 Å². The molecule has 0 aliphatic heterocycles. The fourth-order valence-electron chi connectivity index (χ4n) is 3.70. The fraction of sp³-hybridized carbons (Fsp3) is 0.333. The molecule has 0 aromatic heterocycles. The van der Waals surface area contributed by atoms with Crippen molar-refractivity contribution in [2.45, 2.75) is 38.0 Å². The molecule has 0 fully saturated rings. The molecule has 0 amide bonds. The molecule has 0 spiro atoms. The van der Waals surface area contributed by atoms with Crippen molar-refractivity contribution in [3.05, 3.63) is 69.7 Å². The van der Waals surface area contributed by atoms with Gasteiger partial charge in [0.05, 0.1) is 0 Å². The van der Waals surface area contributed by atoms with Gasteiger partial charge in [-0.3, -0.25) is 0 Å². The largest absolute Gasteiger partial charge is 0.0620 e. The van der Waals surface area contributed by atoms with E-state index in [1.807, 2.05) is 0 Å². The molecule has 1 aliphatic rings. The highest BCUT2D eigenvalue weighted by atomic mass is 79.9. The molecule has 1 atom stereocenters. The van der Waals surface area contributed by atoms with Gasteiger partial charge in [0.15, 0.2) is 0 Å². The van der Waals surface area contributed by atoms with E-state index in [1.54, 1.807) is 0 Å². The van der Waals surface area contributed by atoms with E-state index in [0.29, 0.717) is 0 Å². The zero-order valence-corrected chi connectivity index (χ0v) is 13.3. The fourth-order valence-corrected chi connectivity index (χ4v) is 3.97. The molecule has 2 aromatic carbocycles. The number of fused-ring (bicyclic) bond motifs is 1. The molecular formula is C18H19Br. The van der Waals surface area contributed by atoms with Crippen molar-refractivity contribution in [1.29, 1.82) is 0 Å². The van der Waals surface area contributed by atoms with Crippen molar-refractivity contribution in [3.63, 3.8) is 0 Å². The Balaban J connectivity index is 2.19. The standard InChI is InChI=1S/C18H19Br/c1-17(2)12-18(3,13-8-10-14(19)11-9-13)16-7-5-4-6-15(16)17/h4-11H,12H2,1-3H3. The smallest absolute Gasteiger partial charge is 0.0185 e. The van der Waals surface area contributed by atoms with Crippen LogP contribution in [0, 0.1) is 0 Å². The second-order valence-corrected chi connectivity index (χ2v) is 7.36. The molecule has 1 heteroatoms. The average Bonchev–Trinajstić information content (AvgIpc) is 2.59. The minimum Gasteiger partial charge on any atom is -0.0620 e. The second kappa shape index (κ2) is 4.21. The third-order valence-electron chi connectivity index (χ3n) is 4.53. The lowest BCUT2D eigenvalue weighted by Gasteiger charge is -2.28. The SMILES string of the molecule is CC1(C)CC(C)(c2ccc(Br)cc2)c2ccccc21. The summed E-state index contributed by atoms with van der Waals surface area (Å²) < 4.78 is 1.14. The number of hydrogen-bond donors (Lipinski definition) is 0. The van der Waals surface area contributed by atoms with E-state index in [-0.39, 0.29) is 10.8 Å². The van der Waals surface area contributed by atoms with Gasteiger partial charge in [-0.1, -0.05) is 73.1 Å². The number of benzene rings is 2. The van der Waals surface area contributed by atoms with Crippen LogP contribution in [0.2, 0.25) is 0 Å². The summed E-state index contributed by atoms with van der Waals surface area (Å²) in [6, 6.07) is 17.7. The van der Waals surface area contributed by atoms with Gasteiger partial charge in [0, 0.05) is 9.89 Å². The highest BCUT2D eigenvalue weighted by Gasteiger charge is 2.45. The maximum absolute atomic E-state index is 3.53. The lowest BCUT2D eigenvalue weighted by atomic mass is 9.75. The summed E-state index contributed by atoms with van der Waals surface area (Å²) in [7, 11) is 0. The maximum Gasteiger partial charge on any atom is 0.0185 e. The van der Waals surface area contributed by atoms with Crippen LogP contribution in [0.25, 0.3) is 0 Å². The predicted molar refractivity (Wildman–Crippen MR) is 84.7 cm³/mol. The van der Waals surface area contributed by atoms with Crippen molar-refractivity contribution in [2.24, 2.45) is 0 Å². The van der Waals surface area contributed by atoms with Gasteiger partial charge in [-0.2, -0.15) is 0 Å². The van der Waals surface area contributed by atoms with E-state index in [0.717, 1.165) is 4.47 Å². The molecule has 1 aliphatic carbocycles. The lowest BCUT2D eigenvalue weighted by Crippen LogP contribution is -2.23.